The third kappa shape index (κ3) is 5.72. The molecule has 8 heteroatoms. The molecule has 186 valence electrons. The lowest BCUT2D eigenvalue weighted by molar-refractivity contribution is -0.160. The first kappa shape index (κ1) is 26.0. The van der Waals surface area contributed by atoms with Gasteiger partial charge in [0.15, 0.2) is 14.4 Å². The third-order valence-corrected chi connectivity index (χ3v) is 11.2. The summed E-state index contributed by atoms with van der Waals surface area (Å²) in [7, 11) is -1.79. The van der Waals surface area contributed by atoms with E-state index >= 15 is 0 Å². The van der Waals surface area contributed by atoms with E-state index in [0.717, 1.165) is 12.0 Å². The van der Waals surface area contributed by atoms with Crippen molar-refractivity contribution in [2.75, 3.05) is 11.9 Å². The van der Waals surface area contributed by atoms with Crippen LogP contribution in [0.1, 0.15) is 58.5 Å². The molecule has 1 aromatic carbocycles. The molecule has 1 aromatic heterocycles. The van der Waals surface area contributed by atoms with Crippen LogP contribution in [-0.4, -0.2) is 38.5 Å². The molecule has 1 aliphatic rings. The number of benzene rings is 1. The van der Waals surface area contributed by atoms with Crippen LogP contribution in [0.15, 0.2) is 47.1 Å². The first-order valence-electron chi connectivity index (χ1n) is 11.8. The van der Waals surface area contributed by atoms with Crippen LogP contribution in [0, 0.1) is 0 Å². The zero-order valence-corrected chi connectivity index (χ0v) is 22.3. The van der Waals surface area contributed by atoms with E-state index in [4.69, 9.17) is 18.3 Å². The molecule has 0 aliphatic carbocycles. The predicted octanol–water partition coefficient (Wildman–Crippen LogP) is 5.63. The van der Waals surface area contributed by atoms with Gasteiger partial charge in [-0.25, -0.2) is 9.59 Å². The number of esters is 2. The summed E-state index contributed by atoms with van der Waals surface area (Å²) in [6, 6.07) is 11.1. The van der Waals surface area contributed by atoms with Gasteiger partial charge in [-0.2, -0.15) is 0 Å². The van der Waals surface area contributed by atoms with E-state index in [-0.39, 0.29) is 17.6 Å². The first-order valence-corrected chi connectivity index (χ1v) is 14.7. The Morgan fingerprint density at radius 1 is 1.21 bits per heavy atom. The molecule has 1 aliphatic heterocycles. The smallest absolute Gasteiger partial charge is 0.344 e. The summed E-state index contributed by atoms with van der Waals surface area (Å²) in [6.45, 7) is 15.3. The van der Waals surface area contributed by atoms with Crippen LogP contribution in [0.5, 0.6) is 0 Å². The van der Waals surface area contributed by atoms with E-state index in [2.05, 4.69) is 39.2 Å². The number of cyclic esters (lactones) is 1. The van der Waals surface area contributed by atoms with Crippen LogP contribution >= 0.6 is 0 Å². The van der Waals surface area contributed by atoms with E-state index in [1.165, 1.54) is 6.26 Å². The average molecular weight is 488 g/mol. The van der Waals surface area contributed by atoms with Crippen molar-refractivity contribution in [1.82, 2.24) is 0 Å². The number of ether oxygens (including phenoxy) is 2. The van der Waals surface area contributed by atoms with Gasteiger partial charge in [-0.05, 0) is 68.2 Å². The molecule has 0 spiro atoms. The van der Waals surface area contributed by atoms with Crippen molar-refractivity contribution >= 4 is 25.9 Å². The normalized spacial score (nSPS) is 20.9. The van der Waals surface area contributed by atoms with E-state index in [1.807, 2.05) is 24.3 Å². The fourth-order valence-corrected chi connectivity index (χ4v) is 4.59. The predicted molar refractivity (Wildman–Crippen MR) is 133 cm³/mol. The zero-order valence-electron chi connectivity index (χ0n) is 21.3. The molecule has 2 heterocycles. The van der Waals surface area contributed by atoms with Gasteiger partial charge >= 0.3 is 11.9 Å². The quantitative estimate of drug-likeness (QED) is 0.278. The molecule has 7 nitrogen and oxygen atoms in total. The minimum atomic E-state index is -1.79. The molecule has 0 saturated carbocycles. The summed E-state index contributed by atoms with van der Waals surface area (Å²) >= 11 is 0. The minimum absolute atomic E-state index is 0.0764. The Morgan fingerprint density at radius 2 is 1.88 bits per heavy atom. The van der Waals surface area contributed by atoms with Crippen LogP contribution in [0.25, 0.3) is 0 Å². The lowest BCUT2D eigenvalue weighted by Gasteiger charge is -2.36. The number of anilines is 1. The van der Waals surface area contributed by atoms with Gasteiger partial charge in [0.1, 0.15) is 5.76 Å². The zero-order chi connectivity index (χ0) is 25.1. The fourth-order valence-electron chi connectivity index (χ4n) is 3.54. The number of rotatable bonds is 9. The van der Waals surface area contributed by atoms with Crippen molar-refractivity contribution in [3.05, 3.63) is 54.0 Å². The number of carbonyl (C=O) groups excluding carboxylic acids is 2. The van der Waals surface area contributed by atoms with Gasteiger partial charge < -0.3 is 23.6 Å². The number of carbonyl (C=O) groups is 2. The van der Waals surface area contributed by atoms with E-state index in [9.17, 15) is 9.59 Å². The molecule has 0 amide bonds. The second-order valence-electron chi connectivity index (χ2n) is 10.7. The molecule has 34 heavy (non-hydrogen) atoms. The molecule has 0 bridgehead atoms. The summed E-state index contributed by atoms with van der Waals surface area (Å²) in [4.78, 5) is 26.0. The molecule has 1 saturated heterocycles. The van der Waals surface area contributed by atoms with Gasteiger partial charge in [0.25, 0.3) is 0 Å². The van der Waals surface area contributed by atoms with Crippen molar-refractivity contribution in [3.63, 3.8) is 0 Å². The maximum absolute atomic E-state index is 13.1. The molecule has 2 atom stereocenters. The molecule has 0 radical (unpaired) electrons. The van der Waals surface area contributed by atoms with Crippen LogP contribution in [0.4, 0.5) is 5.69 Å². The highest BCUT2D eigenvalue weighted by atomic mass is 28.4. The Bertz CT molecular complexity index is 978. The second-order valence-corrected chi connectivity index (χ2v) is 15.5. The van der Waals surface area contributed by atoms with Crippen LogP contribution in [0.2, 0.25) is 18.1 Å². The number of nitrogens with one attached hydrogen (secondary N) is 1. The Morgan fingerprint density at radius 3 is 2.44 bits per heavy atom. The summed E-state index contributed by atoms with van der Waals surface area (Å²) in [5, 5.41) is 3.28. The lowest BCUT2D eigenvalue weighted by Crippen LogP contribution is -2.52. The Labute approximate surface area is 203 Å². The van der Waals surface area contributed by atoms with E-state index < -0.39 is 31.9 Å². The molecule has 1 N–H and O–H groups in total. The number of furan rings is 1. The molecule has 3 rings (SSSR count). The second kappa shape index (κ2) is 9.96. The maximum atomic E-state index is 13.1. The topological polar surface area (TPSA) is 87.0 Å². The van der Waals surface area contributed by atoms with Crippen molar-refractivity contribution in [2.45, 2.75) is 83.3 Å². The largest absolute Gasteiger partial charge is 0.465 e. The minimum Gasteiger partial charge on any atom is -0.465 e. The van der Waals surface area contributed by atoms with Crippen molar-refractivity contribution in [2.24, 2.45) is 0 Å². The molecule has 1 fully saturated rings. The standard InChI is InChI=1S/C26H37NO6Si/c1-18(2)32-23(28)26(17-22(33-24(26)29)21-9-8-15-30-21)27-20-12-10-19(11-13-20)14-16-31-34(6,7)25(3,4)5/h8-13,15,18,22,27H,14,16-17H2,1-7H3/t22-,26+/m0/s1. The highest BCUT2D eigenvalue weighted by Gasteiger charge is 2.58. The lowest BCUT2D eigenvalue weighted by atomic mass is 9.93. The van der Waals surface area contributed by atoms with Gasteiger partial charge in [0.2, 0.25) is 5.54 Å². The van der Waals surface area contributed by atoms with Crippen LogP contribution in [0.3, 0.4) is 0 Å². The van der Waals surface area contributed by atoms with Gasteiger partial charge in [-0.1, -0.05) is 32.9 Å². The number of hydrogen-bond acceptors (Lipinski definition) is 7. The van der Waals surface area contributed by atoms with E-state index in [1.54, 1.807) is 26.0 Å². The summed E-state index contributed by atoms with van der Waals surface area (Å²) in [5.74, 6) is -0.841. The van der Waals surface area contributed by atoms with Gasteiger partial charge in [0, 0.05) is 18.7 Å². The number of hydrogen-bond donors (Lipinski definition) is 1. The van der Waals surface area contributed by atoms with Crippen LogP contribution in [-0.2, 0) is 29.9 Å². The monoisotopic (exact) mass is 487 g/mol. The highest BCUT2D eigenvalue weighted by Crippen LogP contribution is 2.40. The molecule has 2 aromatic rings. The molecular formula is C26H37NO6Si. The molecule has 0 unspecified atom stereocenters. The summed E-state index contributed by atoms with van der Waals surface area (Å²) < 4.78 is 22.6. The SMILES string of the molecule is CC(C)OC(=O)[C@]1(Nc2ccc(CCO[Si](C)(C)C(C)(C)C)cc2)C[C@@H](c2ccco2)OC1=O. The van der Waals surface area contributed by atoms with Crippen molar-refractivity contribution in [1.29, 1.82) is 0 Å². The first-order chi connectivity index (χ1) is 15.8. The Balaban J connectivity index is 1.72. The third-order valence-electron chi connectivity index (χ3n) is 6.61. The van der Waals surface area contributed by atoms with Crippen molar-refractivity contribution < 1.29 is 27.9 Å². The average Bonchev–Trinajstić information content (AvgIpc) is 3.37. The Hall–Kier alpha value is -2.58. The van der Waals surface area contributed by atoms with Gasteiger partial charge in [-0.15, -0.1) is 0 Å². The Kier molecular flexibility index (Phi) is 7.62. The highest BCUT2D eigenvalue weighted by molar-refractivity contribution is 6.74. The van der Waals surface area contributed by atoms with Crippen molar-refractivity contribution in [3.8, 4) is 0 Å². The summed E-state index contributed by atoms with van der Waals surface area (Å²) in [5.41, 5.74) is 0.103. The van der Waals surface area contributed by atoms with Crippen LogP contribution < -0.4 is 5.32 Å². The maximum Gasteiger partial charge on any atom is 0.344 e. The fraction of sp³-hybridized carbons (Fsp3) is 0.538. The summed E-state index contributed by atoms with van der Waals surface area (Å²) in [6.07, 6.45) is 1.34. The van der Waals surface area contributed by atoms with Gasteiger partial charge in [0.05, 0.1) is 12.4 Å². The molecular weight excluding hydrogens is 450 g/mol. The van der Waals surface area contributed by atoms with E-state index in [0.29, 0.717) is 18.1 Å². The van der Waals surface area contributed by atoms with Gasteiger partial charge in [-0.3, -0.25) is 0 Å².